The van der Waals surface area contributed by atoms with E-state index in [0.29, 0.717) is 36.2 Å². The van der Waals surface area contributed by atoms with E-state index in [2.05, 4.69) is 20.3 Å². The molecule has 0 saturated carbocycles. The fraction of sp³-hybridized carbons (Fsp3) is 0.357. The Hall–Kier alpha value is -2.77. The Labute approximate surface area is 126 Å². The van der Waals surface area contributed by atoms with Crippen molar-refractivity contribution in [2.75, 3.05) is 6.61 Å². The summed E-state index contributed by atoms with van der Waals surface area (Å²) in [6, 6.07) is 3.61. The average molecular weight is 301 g/mol. The summed E-state index contributed by atoms with van der Waals surface area (Å²) in [6.45, 7) is 4.05. The fourth-order valence-corrected chi connectivity index (χ4v) is 2.04. The Morgan fingerprint density at radius 1 is 1.32 bits per heavy atom. The van der Waals surface area contributed by atoms with Crippen LogP contribution in [0.15, 0.2) is 22.9 Å². The summed E-state index contributed by atoms with van der Waals surface area (Å²) >= 11 is 0. The molecule has 0 fully saturated rings. The maximum atomic E-state index is 11.6. The number of pyridine rings is 1. The Bertz CT molecular complexity index is 808. The molecule has 0 bridgehead atoms. The van der Waals surface area contributed by atoms with Crippen LogP contribution in [0.5, 0.6) is 0 Å². The maximum absolute atomic E-state index is 11.6. The van der Waals surface area contributed by atoms with Crippen LogP contribution in [0.1, 0.15) is 25.5 Å². The monoisotopic (exact) mass is 301 g/mol. The van der Waals surface area contributed by atoms with Crippen molar-refractivity contribution in [3.8, 4) is 11.5 Å². The number of nitrogens with zero attached hydrogens (tertiary/aromatic N) is 5. The van der Waals surface area contributed by atoms with Crippen molar-refractivity contribution in [2.45, 2.75) is 26.7 Å². The van der Waals surface area contributed by atoms with Gasteiger partial charge in [-0.2, -0.15) is 4.98 Å². The lowest BCUT2D eigenvalue weighted by Crippen LogP contribution is -2.10. The van der Waals surface area contributed by atoms with E-state index in [9.17, 15) is 4.79 Å². The van der Waals surface area contributed by atoms with Crippen molar-refractivity contribution >= 4 is 11.6 Å². The second kappa shape index (κ2) is 5.92. The van der Waals surface area contributed by atoms with E-state index in [1.807, 2.05) is 13.0 Å². The molecule has 0 radical (unpaired) electrons. The van der Waals surface area contributed by atoms with Gasteiger partial charge >= 0.3 is 5.97 Å². The standard InChI is InChI=1S/C14H15N5O3/c1-3-10-15-14(22-18-10)9-5-6-11-16-17-12(19(11)8-9)7-13(20)21-4-2/h5-6,8H,3-4,7H2,1-2H3. The first-order chi connectivity index (χ1) is 10.7. The highest BCUT2D eigenvalue weighted by molar-refractivity contribution is 5.72. The highest BCUT2D eigenvalue weighted by Crippen LogP contribution is 2.18. The van der Waals surface area contributed by atoms with Crippen LogP contribution in [0.4, 0.5) is 0 Å². The first-order valence-electron chi connectivity index (χ1n) is 7.03. The SMILES string of the molecule is CCOC(=O)Cc1nnc2ccc(-c3nc(CC)no3)cn12. The van der Waals surface area contributed by atoms with Crippen LogP contribution < -0.4 is 0 Å². The molecule has 3 rings (SSSR count). The minimum atomic E-state index is -0.340. The van der Waals surface area contributed by atoms with Crippen LogP contribution in [0.3, 0.4) is 0 Å². The molecule has 3 aromatic heterocycles. The molecule has 0 atom stereocenters. The molecule has 0 N–H and O–H groups in total. The first-order valence-corrected chi connectivity index (χ1v) is 7.03. The smallest absolute Gasteiger partial charge is 0.313 e. The lowest BCUT2D eigenvalue weighted by atomic mass is 10.2. The molecule has 3 heterocycles. The quantitative estimate of drug-likeness (QED) is 0.658. The number of carbonyl (C=O) groups is 1. The molecule has 0 saturated heterocycles. The van der Waals surface area contributed by atoms with Gasteiger partial charge in [0.05, 0.1) is 12.2 Å². The third kappa shape index (κ3) is 2.67. The number of esters is 1. The third-order valence-electron chi connectivity index (χ3n) is 3.11. The van der Waals surface area contributed by atoms with Gasteiger partial charge in [-0.25, -0.2) is 0 Å². The van der Waals surface area contributed by atoms with Gasteiger partial charge in [-0.05, 0) is 19.1 Å². The van der Waals surface area contributed by atoms with E-state index in [1.165, 1.54) is 0 Å². The van der Waals surface area contributed by atoms with Crippen molar-refractivity contribution in [3.63, 3.8) is 0 Å². The minimum absolute atomic E-state index is 0.0580. The minimum Gasteiger partial charge on any atom is -0.466 e. The van der Waals surface area contributed by atoms with Crippen LogP contribution in [0, 0.1) is 0 Å². The largest absolute Gasteiger partial charge is 0.466 e. The summed E-state index contributed by atoms with van der Waals surface area (Å²) in [6.07, 6.45) is 2.53. The van der Waals surface area contributed by atoms with Crippen LogP contribution in [-0.2, 0) is 22.4 Å². The molecule has 0 spiro atoms. The van der Waals surface area contributed by atoms with E-state index in [0.717, 1.165) is 5.56 Å². The van der Waals surface area contributed by atoms with Gasteiger partial charge < -0.3 is 9.26 Å². The van der Waals surface area contributed by atoms with Crippen LogP contribution in [-0.4, -0.2) is 37.3 Å². The molecule has 114 valence electrons. The van der Waals surface area contributed by atoms with E-state index in [1.54, 1.807) is 23.6 Å². The predicted molar refractivity (Wildman–Crippen MR) is 76.0 cm³/mol. The summed E-state index contributed by atoms with van der Waals surface area (Å²) < 4.78 is 11.9. The lowest BCUT2D eigenvalue weighted by molar-refractivity contribution is -0.142. The number of hydrogen-bond donors (Lipinski definition) is 0. The Morgan fingerprint density at radius 2 is 2.18 bits per heavy atom. The van der Waals surface area contributed by atoms with Gasteiger partial charge in [0.25, 0.3) is 5.89 Å². The molecule has 0 amide bonds. The molecule has 3 aromatic rings. The highest BCUT2D eigenvalue weighted by atomic mass is 16.5. The zero-order valence-electron chi connectivity index (χ0n) is 12.3. The van der Waals surface area contributed by atoms with Gasteiger partial charge in [0, 0.05) is 12.6 Å². The van der Waals surface area contributed by atoms with Crippen LogP contribution in [0.25, 0.3) is 17.1 Å². The van der Waals surface area contributed by atoms with Gasteiger partial charge in [0.1, 0.15) is 12.2 Å². The fourth-order valence-electron chi connectivity index (χ4n) is 2.04. The van der Waals surface area contributed by atoms with Gasteiger partial charge in [0.2, 0.25) is 0 Å². The summed E-state index contributed by atoms with van der Waals surface area (Å²) in [5.41, 5.74) is 1.38. The summed E-state index contributed by atoms with van der Waals surface area (Å²) in [5.74, 6) is 1.24. The van der Waals surface area contributed by atoms with E-state index >= 15 is 0 Å². The Balaban J connectivity index is 1.95. The molecular formula is C14H15N5O3. The van der Waals surface area contributed by atoms with Gasteiger partial charge in [-0.3, -0.25) is 9.20 Å². The molecule has 0 aliphatic carbocycles. The van der Waals surface area contributed by atoms with E-state index < -0.39 is 0 Å². The topological polar surface area (TPSA) is 95.4 Å². The molecular weight excluding hydrogens is 286 g/mol. The predicted octanol–water partition coefficient (Wildman–Crippen LogP) is 1.45. The summed E-state index contributed by atoms with van der Waals surface area (Å²) in [4.78, 5) is 15.9. The number of fused-ring (bicyclic) bond motifs is 1. The third-order valence-corrected chi connectivity index (χ3v) is 3.11. The van der Waals surface area contributed by atoms with Crippen molar-refractivity contribution in [2.24, 2.45) is 0 Å². The van der Waals surface area contributed by atoms with Crippen molar-refractivity contribution in [3.05, 3.63) is 30.0 Å². The maximum Gasteiger partial charge on any atom is 0.313 e. The van der Waals surface area contributed by atoms with Crippen molar-refractivity contribution in [1.29, 1.82) is 0 Å². The molecule has 8 nitrogen and oxygen atoms in total. The van der Waals surface area contributed by atoms with Gasteiger partial charge in [-0.1, -0.05) is 12.1 Å². The second-order valence-corrected chi connectivity index (χ2v) is 4.61. The number of rotatable bonds is 5. The first kappa shape index (κ1) is 14.2. The highest BCUT2D eigenvalue weighted by Gasteiger charge is 2.14. The molecule has 8 heteroatoms. The molecule has 0 aliphatic rings. The summed E-state index contributed by atoms with van der Waals surface area (Å²) in [5, 5.41) is 11.9. The van der Waals surface area contributed by atoms with Gasteiger partial charge in [-0.15, -0.1) is 10.2 Å². The van der Waals surface area contributed by atoms with E-state index in [4.69, 9.17) is 9.26 Å². The molecule has 0 aromatic carbocycles. The van der Waals surface area contributed by atoms with Crippen molar-refractivity contribution < 1.29 is 14.1 Å². The molecule has 22 heavy (non-hydrogen) atoms. The zero-order valence-corrected chi connectivity index (χ0v) is 12.3. The molecule has 0 unspecified atom stereocenters. The lowest BCUT2D eigenvalue weighted by Gasteiger charge is -2.02. The number of ether oxygens (including phenoxy) is 1. The normalized spacial score (nSPS) is 11.0. The molecule has 0 aliphatic heterocycles. The Kier molecular flexibility index (Phi) is 3.82. The number of carbonyl (C=O) groups excluding carboxylic acids is 1. The second-order valence-electron chi connectivity index (χ2n) is 4.61. The average Bonchev–Trinajstić information content (AvgIpc) is 3.14. The van der Waals surface area contributed by atoms with Crippen LogP contribution in [0.2, 0.25) is 0 Å². The zero-order chi connectivity index (χ0) is 15.5. The number of hydrogen-bond acceptors (Lipinski definition) is 7. The summed E-state index contributed by atoms with van der Waals surface area (Å²) in [7, 11) is 0. The van der Waals surface area contributed by atoms with Crippen LogP contribution >= 0.6 is 0 Å². The number of aryl methyl sites for hydroxylation is 1. The van der Waals surface area contributed by atoms with E-state index in [-0.39, 0.29) is 12.4 Å². The number of aromatic nitrogens is 5. The van der Waals surface area contributed by atoms with Crippen molar-refractivity contribution in [1.82, 2.24) is 24.7 Å². The van der Waals surface area contributed by atoms with Gasteiger partial charge in [0.15, 0.2) is 11.5 Å². The Morgan fingerprint density at radius 3 is 2.91 bits per heavy atom.